The first-order valence-corrected chi connectivity index (χ1v) is 4.27. The molecule has 5 heteroatoms. The Labute approximate surface area is 80.0 Å². The molecule has 0 aliphatic carbocycles. The monoisotopic (exact) mass is 196 g/mol. The Hall–Kier alpha value is -1.49. The number of pyridine rings is 1. The van der Waals surface area contributed by atoms with Gasteiger partial charge in [-0.2, -0.15) is 0 Å². The summed E-state index contributed by atoms with van der Waals surface area (Å²) in [7, 11) is 0. The molecule has 1 aliphatic heterocycles. The molecule has 1 aromatic heterocycles. The molecule has 4 nitrogen and oxygen atoms in total. The number of carbonyl (C=O) groups excluding carboxylic acids is 1. The summed E-state index contributed by atoms with van der Waals surface area (Å²) in [5.41, 5.74) is 0. The number of hydrogen-bond acceptors (Lipinski definition) is 3. The van der Waals surface area contributed by atoms with E-state index in [0.717, 1.165) is 0 Å². The van der Waals surface area contributed by atoms with Gasteiger partial charge in [0.2, 0.25) is 5.91 Å². The average Bonchev–Trinajstić information content (AvgIpc) is 2.46. The van der Waals surface area contributed by atoms with E-state index in [1.165, 1.54) is 23.2 Å². The number of hydrogen-bond donors (Lipinski definition) is 1. The van der Waals surface area contributed by atoms with E-state index in [0.29, 0.717) is 0 Å². The zero-order valence-corrected chi connectivity index (χ0v) is 7.35. The normalized spacial score (nSPS) is 21.7. The molecule has 0 radical (unpaired) electrons. The summed E-state index contributed by atoms with van der Waals surface area (Å²) in [4.78, 5) is 16.2. The smallest absolute Gasteiger partial charge is 0.230 e. The van der Waals surface area contributed by atoms with Gasteiger partial charge in [-0.15, -0.1) is 0 Å². The molecule has 0 spiro atoms. The van der Waals surface area contributed by atoms with Crippen LogP contribution in [-0.4, -0.2) is 28.6 Å². The molecule has 2 heterocycles. The van der Waals surface area contributed by atoms with E-state index in [1.54, 1.807) is 0 Å². The molecule has 1 unspecified atom stereocenters. The summed E-state index contributed by atoms with van der Waals surface area (Å²) in [6.45, 7) is 0.118. The van der Waals surface area contributed by atoms with Crippen molar-refractivity contribution in [3.8, 4) is 0 Å². The summed E-state index contributed by atoms with van der Waals surface area (Å²) >= 11 is 0. The number of carbonyl (C=O) groups is 1. The lowest BCUT2D eigenvalue weighted by molar-refractivity contribution is -0.117. The lowest BCUT2D eigenvalue weighted by Gasteiger charge is -2.14. The fourth-order valence-electron chi connectivity index (χ4n) is 1.47. The second kappa shape index (κ2) is 3.34. The number of aliphatic hydroxyl groups is 1. The minimum atomic E-state index is -0.719. The van der Waals surface area contributed by atoms with Gasteiger partial charge in [0.05, 0.1) is 19.1 Å². The van der Waals surface area contributed by atoms with Crippen LogP contribution in [0.25, 0.3) is 0 Å². The van der Waals surface area contributed by atoms with E-state index >= 15 is 0 Å². The maximum atomic E-state index is 13.2. The van der Waals surface area contributed by atoms with Gasteiger partial charge in [-0.05, 0) is 12.1 Å². The van der Waals surface area contributed by atoms with Crippen molar-refractivity contribution in [2.75, 3.05) is 11.4 Å². The quantitative estimate of drug-likeness (QED) is 0.703. The van der Waals surface area contributed by atoms with Crippen molar-refractivity contribution >= 4 is 11.7 Å². The average molecular weight is 196 g/mol. The van der Waals surface area contributed by atoms with Crippen LogP contribution < -0.4 is 4.90 Å². The second-order valence-corrected chi connectivity index (χ2v) is 3.17. The van der Waals surface area contributed by atoms with Gasteiger partial charge in [-0.25, -0.2) is 9.37 Å². The first kappa shape index (κ1) is 9.08. The number of halogens is 1. The topological polar surface area (TPSA) is 53.4 Å². The zero-order valence-electron chi connectivity index (χ0n) is 7.35. The Morgan fingerprint density at radius 3 is 3.00 bits per heavy atom. The number of rotatable bonds is 1. The molecule has 1 saturated heterocycles. The first-order valence-electron chi connectivity index (χ1n) is 4.27. The molecule has 0 bridgehead atoms. The molecule has 1 fully saturated rings. The van der Waals surface area contributed by atoms with Crippen LogP contribution >= 0.6 is 0 Å². The van der Waals surface area contributed by atoms with Gasteiger partial charge >= 0.3 is 0 Å². The van der Waals surface area contributed by atoms with Crippen molar-refractivity contribution < 1.29 is 14.3 Å². The second-order valence-electron chi connectivity index (χ2n) is 3.17. The van der Waals surface area contributed by atoms with Crippen LogP contribution in [0, 0.1) is 5.82 Å². The van der Waals surface area contributed by atoms with Crippen LogP contribution in [0.1, 0.15) is 6.42 Å². The number of amides is 1. The zero-order chi connectivity index (χ0) is 10.1. The minimum Gasteiger partial charge on any atom is -0.391 e. The van der Waals surface area contributed by atoms with Crippen molar-refractivity contribution in [1.29, 1.82) is 0 Å². The van der Waals surface area contributed by atoms with E-state index < -0.39 is 11.9 Å². The van der Waals surface area contributed by atoms with Crippen molar-refractivity contribution in [2.45, 2.75) is 12.5 Å². The molecular formula is C9H9FN2O2. The third-order valence-electron chi connectivity index (χ3n) is 2.10. The molecule has 1 amide bonds. The highest BCUT2D eigenvalue weighted by Gasteiger charge is 2.31. The van der Waals surface area contributed by atoms with Gasteiger partial charge < -0.3 is 5.11 Å². The molecule has 14 heavy (non-hydrogen) atoms. The maximum absolute atomic E-state index is 13.2. The van der Waals surface area contributed by atoms with Crippen LogP contribution in [-0.2, 0) is 4.79 Å². The summed E-state index contributed by atoms with van der Waals surface area (Å²) in [5, 5.41) is 9.21. The van der Waals surface area contributed by atoms with Crippen molar-refractivity contribution in [1.82, 2.24) is 4.98 Å². The van der Waals surface area contributed by atoms with Gasteiger partial charge in [0.1, 0.15) is 0 Å². The Balaban J connectivity index is 2.32. The standard InChI is InChI=1S/C9H9FN2O2/c10-7-2-1-3-11-9(7)12-5-6(13)4-8(12)14/h1-3,6,13H,4-5H2. The SMILES string of the molecule is O=C1CC(O)CN1c1ncccc1F. The molecule has 1 N–H and O–H groups in total. The highest BCUT2D eigenvalue weighted by atomic mass is 19.1. The first-order chi connectivity index (χ1) is 6.68. The van der Waals surface area contributed by atoms with Crippen molar-refractivity contribution in [3.05, 3.63) is 24.1 Å². The minimum absolute atomic E-state index is 0.00551. The lowest BCUT2D eigenvalue weighted by atomic mass is 10.3. The molecule has 1 atom stereocenters. The molecule has 1 aliphatic rings. The van der Waals surface area contributed by atoms with Gasteiger partial charge in [0.25, 0.3) is 0 Å². The fourth-order valence-corrected chi connectivity index (χ4v) is 1.47. The Kier molecular flexibility index (Phi) is 2.17. The summed E-state index contributed by atoms with van der Waals surface area (Å²) in [5.74, 6) is -0.848. The molecule has 1 aromatic rings. The molecule has 0 aromatic carbocycles. The van der Waals surface area contributed by atoms with Crippen LogP contribution in [0.2, 0.25) is 0 Å². The predicted octanol–water partition coefficient (Wildman–Crippen LogP) is 0.318. The van der Waals surface area contributed by atoms with Gasteiger partial charge in [-0.1, -0.05) is 0 Å². The molecular weight excluding hydrogens is 187 g/mol. The third-order valence-corrected chi connectivity index (χ3v) is 2.10. The molecule has 0 saturated carbocycles. The van der Waals surface area contributed by atoms with Crippen LogP contribution in [0.3, 0.4) is 0 Å². The summed E-state index contributed by atoms with van der Waals surface area (Å²) < 4.78 is 13.2. The summed E-state index contributed by atoms with van der Waals surface area (Å²) in [6.07, 6.45) is 0.732. The highest BCUT2D eigenvalue weighted by molar-refractivity contribution is 5.95. The van der Waals surface area contributed by atoms with Crippen molar-refractivity contribution in [3.63, 3.8) is 0 Å². The Morgan fingerprint density at radius 1 is 1.64 bits per heavy atom. The Morgan fingerprint density at radius 2 is 2.43 bits per heavy atom. The Bertz CT molecular complexity index is 370. The van der Waals surface area contributed by atoms with Crippen LogP contribution in [0.5, 0.6) is 0 Å². The number of anilines is 1. The number of aliphatic hydroxyl groups excluding tert-OH is 1. The lowest BCUT2D eigenvalue weighted by Crippen LogP contribution is -2.27. The third kappa shape index (κ3) is 1.46. The largest absolute Gasteiger partial charge is 0.391 e. The molecule has 2 rings (SSSR count). The highest BCUT2D eigenvalue weighted by Crippen LogP contribution is 2.21. The van der Waals surface area contributed by atoms with E-state index in [2.05, 4.69) is 4.98 Å². The van der Waals surface area contributed by atoms with Crippen molar-refractivity contribution in [2.24, 2.45) is 0 Å². The number of β-amino-alcohol motifs (C(OH)–C–C–N with tert-alkyl or cyclic N) is 1. The van der Waals surface area contributed by atoms with Crippen LogP contribution in [0.15, 0.2) is 18.3 Å². The van der Waals surface area contributed by atoms with E-state index in [9.17, 15) is 14.3 Å². The van der Waals surface area contributed by atoms with Crippen LogP contribution in [0.4, 0.5) is 10.2 Å². The van der Waals surface area contributed by atoms with Gasteiger partial charge in [-0.3, -0.25) is 9.69 Å². The fraction of sp³-hybridized carbons (Fsp3) is 0.333. The predicted molar refractivity (Wildman–Crippen MR) is 47.2 cm³/mol. The number of aromatic nitrogens is 1. The summed E-state index contributed by atoms with van der Waals surface area (Å²) in [6, 6.07) is 2.69. The van der Waals surface area contributed by atoms with Gasteiger partial charge in [0.15, 0.2) is 11.6 Å². The number of nitrogens with zero attached hydrogens (tertiary/aromatic N) is 2. The molecule has 74 valence electrons. The maximum Gasteiger partial charge on any atom is 0.230 e. The van der Waals surface area contributed by atoms with E-state index in [-0.39, 0.29) is 24.7 Å². The van der Waals surface area contributed by atoms with E-state index in [1.807, 2.05) is 0 Å². The van der Waals surface area contributed by atoms with Gasteiger partial charge in [0, 0.05) is 6.20 Å². The van der Waals surface area contributed by atoms with E-state index in [4.69, 9.17) is 0 Å².